The molecule has 0 unspecified atom stereocenters. The lowest BCUT2D eigenvalue weighted by atomic mass is 10.0. The zero-order valence-corrected chi connectivity index (χ0v) is 18.7. The maximum absolute atomic E-state index is 15.4. The molecule has 1 amide bonds. The number of aryl methyl sites for hydroxylation is 1. The first-order valence-corrected chi connectivity index (χ1v) is 11.6. The van der Waals surface area contributed by atoms with E-state index in [1.165, 1.54) is 37.2 Å². The first-order chi connectivity index (χ1) is 16.5. The molecule has 0 radical (unpaired) electrons. The third-order valence-corrected chi connectivity index (χ3v) is 6.73. The zero-order chi connectivity index (χ0) is 23.4. The fraction of sp³-hybridized carbons (Fsp3) is 0.375. The number of benzene rings is 2. The average Bonchev–Trinajstić information content (AvgIpc) is 3.36. The topological polar surface area (TPSA) is 90.9 Å². The number of aromatic amines is 1. The van der Waals surface area contributed by atoms with Crippen molar-refractivity contribution in [3.8, 4) is 0 Å². The Morgan fingerprint density at radius 2 is 1.85 bits per heavy atom. The lowest BCUT2D eigenvalue weighted by Gasteiger charge is -2.34. The number of nitrogens with zero attached hydrogens (tertiary/aromatic N) is 4. The molecule has 1 saturated heterocycles. The monoisotopic (exact) mass is 465 g/mol. The van der Waals surface area contributed by atoms with Gasteiger partial charge in [0.25, 0.3) is 5.91 Å². The van der Waals surface area contributed by atoms with Gasteiger partial charge in [-0.2, -0.15) is 10.2 Å². The minimum absolute atomic E-state index is 0.0447. The van der Waals surface area contributed by atoms with E-state index in [0.29, 0.717) is 28.4 Å². The minimum Gasteiger partial charge on any atom is -0.371 e. The van der Waals surface area contributed by atoms with Crippen molar-refractivity contribution < 1.29 is 13.6 Å². The highest BCUT2D eigenvalue weighted by atomic mass is 19.1. The minimum atomic E-state index is -0.748. The summed E-state index contributed by atoms with van der Waals surface area (Å²) in [6.07, 6.45) is 7.81. The van der Waals surface area contributed by atoms with Crippen molar-refractivity contribution in [3.63, 3.8) is 0 Å². The van der Waals surface area contributed by atoms with Crippen molar-refractivity contribution in [2.45, 2.75) is 37.8 Å². The Hall–Kier alpha value is -3.53. The van der Waals surface area contributed by atoms with Crippen LogP contribution in [0.3, 0.4) is 0 Å². The first-order valence-electron chi connectivity index (χ1n) is 11.6. The van der Waals surface area contributed by atoms with Crippen LogP contribution in [0.5, 0.6) is 0 Å². The maximum Gasteiger partial charge on any atom is 0.261 e. The number of piperidine rings is 1. The van der Waals surface area contributed by atoms with E-state index in [2.05, 4.69) is 30.8 Å². The van der Waals surface area contributed by atoms with E-state index in [1.54, 1.807) is 17.9 Å². The van der Waals surface area contributed by atoms with Crippen molar-refractivity contribution in [1.82, 2.24) is 25.3 Å². The van der Waals surface area contributed by atoms with Crippen molar-refractivity contribution in [3.05, 3.63) is 47.8 Å². The van der Waals surface area contributed by atoms with Crippen molar-refractivity contribution in [2.75, 3.05) is 23.3 Å². The van der Waals surface area contributed by atoms with Crippen LogP contribution in [0.25, 0.3) is 21.8 Å². The molecule has 3 heterocycles. The summed E-state index contributed by atoms with van der Waals surface area (Å²) in [5.74, 6) is -2.06. The van der Waals surface area contributed by atoms with Crippen LogP contribution in [0.4, 0.5) is 20.2 Å². The second-order valence-corrected chi connectivity index (χ2v) is 9.26. The number of hydrogen-bond acceptors (Lipinski definition) is 5. The predicted octanol–water partition coefficient (Wildman–Crippen LogP) is 3.70. The van der Waals surface area contributed by atoms with Gasteiger partial charge in [0.15, 0.2) is 0 Å². The Kier molecular flexibility index (Phi) is 4.98. The summed E-state index contributed by atoms with van der Waals surface area (Å²) in [6, 6.07) is 5.27. The first kappa shape index (κ1) is 21.0. The normalized spacial score (nSPS) is 17.1. The molecule has 1 aliphatic heterocycles. The number of rotatable bonds is 5. The highest BCUT2D eigenvalue weighted by Crippen LogP contribution is 2.34. The molecule has 6 rings (SSSR count). The molecule has 10 heteroatoms. The van der Waals surface area contributed by atoms with E-state index in [0.717, 1.165) is 31.6 Å². The fourth-order valence-corrected chi connectivity index (χ4v) is 4.84. The summed E-state index contributed by atoms with van der Waals surface area (Å²) >= 11 is 0. The molecule has 2 aromatic heterocycles. The Labute approximate surface area is 194 Å². The zero-order valence-electron chi connectivity index (χ0n) is 18.7. The molecule has 8 nitrogen and oxygen atoms in total. The van der Waals surface area contributed by atoms with Gasteiger partial charge in [0.05, 0.1) is 23.1 Å². The van der Waals surface area contributed by atoms with Crippen LogP contribution < -0.4 is 15.5 Å². The summed E-state index contributed by atoms with van der Waals surface area (Å²) in [6.45, 7) is 1.60. The smallest absolute Gasteiger partial charge is 0.261 e. The third kappa shape index (κ3) is 3.77. The van der Waals surface area contributed by atoms with Crippen LogP contribution in [-0.4, -0.2) is 51.1 Å². The number of hydrogen-bond donors (Lipinski definition) is 3. The summed E-state index contributed by atoms with van der Waals surface area (Å²) in [5.41, 5.74) is 1.26. The molecule has 4 aromatic rings. The molecule has 176 valence electrons. The lowest BCUT2D eigenvalue weighted by Crippen LogP contribution is -2.43. The summed E-state index contributed by atoms with van der Waals surface area (Å²) in [4.78, 5) is 15.3. The maximum atomic E-state index is 15.4. The van der Waals surface area contributed by atoms with Gasteiger partial charge in [-0.25, -0.2) is 8.78 Å². The summed E-state index contributed by atoms with van der Waals surface area (Å²) < 4.78 is 31.5. The van der Waals surface area contributed by atoms with Gasteiger partial charge < -0.3 is 15.5 Å². The van der Waals surface area contributed by atoms with Crippen LogP contribution in [-0.2, 0) is 7.05 Å². The second-order valence-electron chi connectivity index (χ2n) is 9.26. The molecular weight excluding hydrogens is 440 g/mol. The van der Waals surface area contributed by atoms with Gasteiger partial charge in [0, 0.05) is 55.3 Å². The molecule has 2 aliphatic rings. The lowest BCUT2D eigenvalue weighted by molar-refractivity contribution is 0.102. The van der Waals surface area contributed by atoms with Gasteiger partial charge in [-0.1, -0.05) is 0 Å². The van der Waals surface area contributed by atoms with Gasteiger partial charge in [0.2, 0.25) is 0 Å². The summed E-state index contributed by atoms with van der Waals surface area (Å²) in [7, 11) is 1.74. The average molecular weight is 466 g/mol. The van der Waals surface area contributed by atoms with E-state index in [1.807, 2.05) is 0 Å². The number of amides is 1. The highest BCUT2D eigenvalue weighted by Gasteiger charge is 2.29. The number of H-pyrrole nitrogens is 1. The second kappa shape index (κ2) is 8.05. The van der Waals surface area contributed by atoms with Gasteiger partial charge in [-0.05, 0) is 37.8 Å². The Balaban J connectivity index is 1.31. The Morgan fingerprint density at radius 3 is 2.62 bits per heavy atom. The largest absolute Gasteiger partial charge is 0.371 e. The molecule has 0 atom stereocenters. The predicted molar refractivity (Wildman–Crippen MR) is 126 cm³/mol. The highest BCUT2D eigenvalue weighted by molar-refractivity contribution is 6.14. The van der Waals surface area contributed by atoms with E-state index in [9.17, 15) is 9.18 Å². The van der Waals surface area contributed by atoms with Crippen LogP contribution in [0.15, 0.2) is 30.6 Å². The van der Waals surface area contributed by atoms with Crippen LogP contribution in [0.1, 0.15) is 36.0 Å². The SMILES string of the molecule is Cn1cc2c(N3CCC(NC4CC4)CC3)cc(F)c(C(=O)Nc3cc4cn[nH]c4cc3F)c2n1. The standard InChI is InChI=1S/C24H25F2N7O/c1-32-12-16-21(33-6-4-15(5-7-33)28-14-2-3-14)10-18(26)22(23(16)31-32)24(34)29-20-8-13-11-27-30-19(13)9-17(20)25/h8-12,14-15,28H,2-7H2,1H3,(H,27,30)(H,29,34). The molecule has 2 fully saturated rings. The van der Waals surface area contributed by atoms with Crippen molar-refractivity contribution in [2.24, 2.45) is 7.05 Å². The van der Waals surface area contributed by atoms with E-state index >= 15 is 4.39 Å². The molecule has 1 saturated carbocycles. The van der Waals surface area contributed by atoms with Gasteiger partial charge >= 0.3 is 0 Å². The van der Waals surface area contributed by atoms with Crippen LogP contribution >= 0.6 is 0 Å². The van der Waals surface area contributed by atoms with Crippen LogP contribution in [0, 0.1) is 11.6 Å². The molecule has 0 bridgehead atoms. The summed E-state index contributed by atoms with van der Waals surface area (Å²) in [5, 5.41) is 18.5. The number of fused-ring (bicyclic) bond motifs is 2. The molecule has 2 aromatic carbocycles. The molecule has 1 aliphatic carbocycles. The molecule has 3 N–H and O–H groups in total. The third-order valence-electron chi connectivity index (χ3n) is 6.73. The fourth-order valence-electron chi connectivity index (χ4n) is 4.84. The Morgan fingerprint density at radius 1 is 1.09 bits per heavy atom. The molecule has 0 spiro atoms. The molecule has 34 heavy (non-hydrogen) atoms. The number of nitrogens with one attached hydrogen (secondary N) is 3. The number of aromatic nitrogens is 4. The quantitative estimate of drug-likeness (QED) is 0.418. The number of anilines is 2. The Bertz CT molecular complexity index is 1400. The molecular formula is C24H25F2N7O. The van der Waals surface area contributed by atoms with Gasteiger partial charge in [0.1, 0.15) is 22.7 Å². The number of carbonyl (C=O) groups is 1. The van der Waals surface area contributed by atoms with E-state index in [4.69, 9.17) is 0 Å². The van der Waals surface area contributed by atoms with Crippen molar-refractivity contribution in [1.29, 1.82) is 0 Å². The van der Waals surface area contributed by atoms with Crippen LogP contribution in [0.2, 0.25) is 0 Å². The van der Waals surface area contributed by atoms with Gasteiger partial charge in [-0.15, -0.1) is 0 Å². The van der Waals surface area contributed by atoms with E-state index < -0.39 is 17.5 Å². The number of halogens is 2. The number of carbonyl (C=O) groups excluding carboxylic acids is 1. The van der Waals surface area contributed by atoms with E-state index in [-0.39, 0.29) is 16.8 Å². The van der Waals surface area contributed by atoms with Crippen molar-refractivity contribution >= 4 is 39.1 Å². The van der Waals surface area contributed by atoms with Gasteiger partial charge in [-0.3, -0.25) is 14.6 Å².